The van der Waals surface area contributed by atoms with Gasteiger partial charge in [-0.05, 0) is 58.4 Å². The van der Waals surface area contributed by atoms with Crippen LogP contribution in [0.4, 0.5) is 0 Å². The first-order valence-electron chi connectivity index (χ1n) is 23.7. The third-order valence-electron chi connectivity index (χ3n) is 13.4. The molecule has 0 aliphatic carbocycles. The molecule has 4 aromatic carbocycles. The molecule has 13 nitrogen and oxygen atoms in total. The summed E-state index contributed by atoms with van der Waals surface area (Å²) in [6, 6.07) is 36.2. The van der Waals surface area contributed by atoms with Gasteiger partial charge in [-0.3, -0.25) is 4.79 Å². The summed E-state index contributed by atoms with van der Waals surface area (Å²) in [7, 11) is -0.997. The Bertz CT molecular complexity index is 2090. The van der Waals surface area contributed by atoms with E-state index in [2.05, 4.69) is 52.7 Å². The lowest BCUT2D eigenvalue weighted by molar-refractivity contribution is -0.355. The number of amides is 1. The van der Waals surface area contributed by atoms with Crippen LogP contribution in [0.5, 0.6) is 5.75 Å². The topological polar surface area (TPSA) is 142 Å². The van der Waals surface area contributed by atoms with Crippen molar-refractivity contribution in [3.63, 3.8) is 0 Å². The number of carbonyl (C=O) groups is 1. The predicted molar refractivity (Wildman–Crippen MR) is 262 cm³/mol. The molecule has 370 valence electrons. The van der Waals surface area contributed by atoms with Gasteiger partial charge in [0.25, 0.3) is 0 Å². The van der Waals surface area contributed by atoms with E-state index in [9.17, 15) is 9.90 Å². The molecule has 10 atom stereocenters. The molecule has 14 heteroatoms. The highest BCUT2D eigenvalue weighted by molar-refractivity contribution is 6.74. The van der Waals surface area contributed by atoms with E-state index in [1.54, 1.807) is 13.2 Å². The Kier molecular flexibility index (Phi) is 19.9. The zero-order valence-corrected chi connectivity index (χ0v) is 42.0. The molecule has 0 unspecified atom stereocenters. The van der Waals surface area contributed by atoms with E-state index in [0.29, 0.717) is 6.61 Å². The van der Waals surface area contributed by atoms with E-state index in [-0.39, 0.29) is 56.5 Å². The minimum atomic E-state index is -2.62. The molecule has 4 aromatic rings. The standard InChI is InChI=1S/C54H73NO12Si/c1-10-30-61-50-46(55-38(4)56)52(67-68(8,9)54(5,6)37(2)3)64-45(36-60-32-42-26-28-43(58-7)29-27-42)49(50)66-53-47(57)51(63-34-41-24-18-13-19-25-41)48(62-33-40-22-16-12-17-23-40)44(65-53)35-59-31-39-20-14-11-15-21-39/h10-29,37,44-53,57H,1,30-36H2,2-9H3,(H,55,56)/t44-,45-,46-,47+,48-,49-,50-,51-,52+,53+/m1/s1. The van der Waals surface area contributed by atoms with Gasteiger partial charge in [-0.15, -0.1) is 6.58 Å². The number of methoxy groups -OCH3 is 1. The van der Waals surface area contributed by atoms with E-state index >= 15 is 0 Å². The highest BCUT2D eigenvalue weighted by Gasteiger charge is 2.56. The fourth-order valence-electron chi connectivity index (χ4n) is 8.31. The van der Waals surface area contributed by atoms with Crippen LogP contribution in [-0.2, 0) is 73.5 Å². The van der Waals surface area contributed by atoms with Gasteiger partial charge in [0.2, 0.25) is 5.91 Å². The van der Waals surface area contributed by atoms with Gasteiger partial charge in [0.15, 0.2) is 20.9 Å². The molecular weight excluding hydrogens is 883 g/mol. The Morgan fingerprint density at radius 2 is 1.19 bits per heavy atom. The third-order valence-corrected chi connectivity index (χ3v) is 17.9. The predicted octanol–water partition coefficient (Wildman–Crippen LogP) is 8.53. The van der Waals surface area contributed by atoms with Crippen molar-refractivity contribution in [2.45, 2.75) is 141 Å². The van der Waals surface area contributed by atoms with Crippen LogP contribution in [0, 0.1) is 5.92 Å². The fraction of sp³-hybridized carbons (Fsp3) is 0.500. The number of hydrogen-bond acceptors (Lipinski definition) is 12. The van der Waals surface area contributed by atoms with E-state index in [0.717, 1.165) is 28.0 Å². The number of carbonyl (C=O) groups excluding carboxylic acids is 1. The van der Waals surface area contributed by atoms with Gasteiger partial charge in [-0.1, -0.05) is 137 Å². The molecule has 2 aliphatic rings. The number of ether oxygens (including phenoxy) is 9. The lowest BCUT2D eigenvalue weighted by Gasteiger charge is -2.52. The summed E-state index contributed by atoms with van der Waals surface area (Å²) in [5.74, 6) is 0.702. The lowest BCUT2D eigenvalue weighted by Crippen LogP contribution is -2.69. The van der Waals surface area contributed by atoms with Crippen molar-refractivity contribution in [1.29, 1.82) is 0 Å². The average Bonchev–Trinajstić information content (AvgIpc) is 3.33. The van der Waals surface area contributed by atoms with Crippen molar-refractivity contribution in [1.82, 2.24) is 5.32 Å². The van der Waals surface area contributed by atoms with Crippen LogP contribution >= 0.6 is 0 Å². The van der Waals surface area contributed by atoms with Crippen LogP contribution in [0.3, 0.4) is 0 Å². The number of hydrogen-bond donors (Lipinski definition) is 2. The smallest absolute Gasteiger partial charge is 0.217 e. The summed E-state index contributed by atoms with van der Waals surface area (Å²) >= 11 is 0. The van der Waals surface area contributed by atoms with Gasteiger partial charge >= 0.3 is 0 Å². The minimum Gasteiger partial charge on any atom is -0.497 e. The van der Waals surface area contributed by atoms with Gasteiger partial charge in [-0.25, -0.2) is 0 Å². The summed E-state index contributed by atoms with van der Waals surface area (Å²) < 4.78 is 66.1. The first-order chi connectivity index (χ1) is 32.7. The zero-order valence-electron chi connectivity index (χ0n) is 41.0. The third kappa shape index (κ3) is 14.4. The molecule has 2 heterocycles. The number of aliphatic hydroxyl groups excluding tert-OH is 1. The van der Waals surface area contributed by atoms with E-state index < -0.39 is 69.7 Å². The average molecular weight is 956 g/mol. The van der Waals surface area contributed by atoms with Crippen molar-refractivity contribution in [2.24, 2.45) is 5.92 Å². The van der Waals surface area contributed by atoms with Crippen molar-refractivity contribution in [3.8, 4) is 5.75 Å². The second-order valence-corrected chi connectivity index (χ2v) is 23.4. The maximum Gasteiger partial charge on any atom is 0.217 e. The van der Waals surface area contributed by atoms with E-state index in [1.165, 1.54) is 6.92 Å². The molecule has 0 radical (unpaired) electrons. The monoisotopic (exact) mass is 955 g/mol. The second kappa shape index (κ2) is 25.5. The first-order valence-corrected chi connectivity index (χ1v) is 26.6. The van der Waals surface area contributed by atoms with Crippen LogP contribution in [0.1, 0.15) is 56.9 Å². The number of nitrogens with one attached hydrogen (secondary N) is 1. The molecule has 0 spiro atoms. The number of rotatable bonds is 25. The summed E-state index contributed by atoms with van der Waals surface area (Å²) in [4.78, 5) is 13.2. The van der Waals surface area contributed by atoms with Crippen LogP contribution in [0.15, 0.2) is 128 Å². The highest BCUT2D eigenvalue weighted by atomic mass is 28.4. The number of benzene rings is 4. The van der Waals surface area contributed by atoms with Gasteiger partial charge in [0, 0.05) is 6.92 Å². The van der Waals surface area contributed by atoms with Gasteiger partial charge in [0.05, 0.1) is 53.4 Å². The van der Waals surface area contributed by atoms with Crippen LogP contribution in [-0.4, -0.2) is 108 Å². The highest BCUT2D eigenvalue weighted by Crippen LogP contribution is 2.46. The van der Waals surface area contributed by atoms with Gasteiger partial charge < -0.3 is 57.5 Å². The quantitative estimate of drug-likeness (QED) is 0.0486. The molecular formula is C54H73NO12Si. The molecule has 2 saturated heterocycles. The molecule has 0 bridgehead atoms. The SMILES string of the molecule is C=CCO[C@@H]1[C@@H](NC(C)=O)[C@H](O[Si](C)(C)C(C)(C)C(C)C)O[C@H](COCc2ccc(OC)cc2)[C@H]1O[C@@H]1O[C@H](COCc2ccccc2)[C@@H](OCc2ccccc2)[C@H](OCc2ccccc2)[C@@H]1O. The summed E-state index contributed by atoms with van der Waals surface area (Å²) in [6.07, 6.45) is -7.36. The Labute approximate surface area is 404 Å². The van der Waals surface area contributed by atoms with E-state index in [4.69, 9.17) is 47.1 Å². The Hall–Kier alpha value is -4.29. The molecule has 2 N–H and O–H groups in total. The van der Waals surface area contributed by atoms with Crippen molar-refractivity contribution in [2.75, 3.05) is 26.9 Å². The zero-order chi connectivity index (χ0) is 48.7. The van der Waals surface area contributed by atoms with Crippen molar-refractivity contribution < 1.29 is 57.0 Å². The largest absolute Gasteiger partial charge is 0.497 e. The van der Waals surface area contributed by atoms with Crippen molar-refractivity contribution >= 4 is 14.2 Å². The summed E-state index contributed by atoms with van der Waals surface area (Å²) in [5, 5.41) is 15.5. The number of aliphatic hydroxyl groups is 1. The second-order valence-electron chi connectivity index (χ2n) is 18.9. The summed E-state index contributed by atoms with van der Waals surface area (Å²) in [5.41, 5.74) is 3.75. The van der Waals surface area contributed by atoms with Crippen LogP contribution in [0.25, 0.3) is 0 Å². The van der Waals surface area contributed by atoms with E-state index in [1.807, 2.05) is 115 Å². The minimum absolute atomic E-state index is 0.0238. The summed E-state index contributed by atoms with van der Waals surface area (Å²) in [6.45, 7) is 19.7. The molecule has 6 rings (SSSR count). The maximum atomic E-state index is 13.2. The molecule has 0 saturated carbocycles. The molecule has 2 aliphatic heterocycles. The van der Waals surface area contributed by atoms with Crippen molar-refractivity contribution in [3.05, 3.63) is 150 Å². The maximum absolute atomic E-state index is 13.2. The van der Waals surface area contributed by atoms with Gasteiger partial charge in [0.1, 0.15) is 54.5 Å². The Morgan fingerprint density at radius 3 is 1.69 bits per heavy atom. The normalized spacial score (nSPS) is 25.5. The molecule has 2 fully saturated rings. The first kappa shape index (κ1) is 53.1. The fourth-order valence-corrected chi connectivity index (χ4v) is 10.8. The van der Waals surface area contributed by atoms with Gasteiger partial charge in [-0.2, -0.15) is 0 Å². The molecule has 68 heavy (non-hydrogen) atoms. The van der Waals surface area contributed by atoms with Crippen LogP contribution < -0.4 is 10.1 Å². The lowest BCUT2D eigenvalue weighted by atomic mass is 9.95. The molecule has 0 aromatic heterocycles. The Balaban J connectivity index is 1.37. The Morgan fingerprint density at radius 1 is 0.706 bits per heavy atom. The van der Waals surface area contributed by atoms with Crippen LogP contribution in [0.2, 0.25) is 18.1 Å². The molecule has 1 amide bonds.